The lowest BCUT2D eigenvalue weighted by Gasteiger charge is -2.59. The number of benzene rings is 4. The number of nitro benzene ring substituents is 1. The van der Waals surface area contributed by atoms with Crippen molar-refractivity contribution in [3.05, 3.63) is 123 Å². The van der Waals surface area contributed by atoms with Gasteiger partial charge in [-0.15, -0.1) is 0 Å². The summed E-state index contributed by atoms with van der Waals surface area (Å²) < 4.78 is 36.3. The molecule has 1 amide bonds. The van der Waals surface area contributed by atoms with E-state index in [1.165, 1.54) is 28.8 Å². The molecule has 11 rings (SSSR count). The number of hydrogen-bond donors (Lipinski definition) is 4. The van der Waals surface area contributed by atoms with Gasteiger partial charge >= 0.3 is 0 Å². The Morgan fingerprint density at radius 1 is 0.955 bits per heavy atom. The number of halogens is 1. The Bertz CT molecular complexity index is 2820. The Morgan fingerprint density at radius 2 is 1.71 bits per heavy atom. The fourth-order valence-corrected chi connectivity index (χ4v) is 13.1. The van der Waals surface area contributed by atoms with Crippen LogP contribution in [0.3, 0.4) is 0 Å². The highest BCUT2D eigenvalue weighted by Crippen LogP contribution is 2.60. The van der Waals surface area contributed by atoms with Crippen LogP contribution in [0.4, 0.5) is 17.1 Å². The van der Waals surface area contributed by atoms with Crippen LogP contribution in [0.15, 0.2) is 102 Å². The number of carbonyl (C=O) groups is 1. The number of aromatic amines is 1. The first-order valence-corrected chi connectivity index (χ1v) is 25.1. The van der Waals surface area contributed by atoms with Gasteiger partial charge in [-0.1, -0.05) is 43.2 Å². The molecule has 6 aliphatic rings. The molecule has 346 valence electrons. The minimum Gasteiger partial charge on any atom is -0.456 e. The zero-order valence-electron chi connectivity index (χ0n) is 37.4. The van der Waals surface area contributed by atoms with E-state index in [1.54, 1.807) is 24.3 Å². The molecule has 5 aliphatic carbocycles. The number of hydrogen-bond acceptors (Lipinski definition) is 10. The van der Waals surface area contributed by atoms with Gasteiger partial charge in [0.15, 0.2) is 0 Å². The van der Waals surface area contributed by atoms with Crippen molar-refractivity contribution in [3.63, 3.8) is 0 Å². The average Bonchev–Trinajstić information content (AvgIpc) is 3.76. The summed E-state index contributed by atoms with van der Waals surface area (Å²) in [6.45, 7) is 9.19. The van der Waals surface area contributed by atoms with Crippen LogP contribution in [0.25, 0.3) is 16.5 Å². The highest BCUT2D eigenvalue weighted by molar-refractivity contribution is 7.90. The number of allylic oxidation sites excluding steroid dienone is 1. The third-order valence-corrected chi connectivity index (χ3v) is 16.8. The van der Waals surface area contributed by atoms with Crippen molar-refractivity contribution >= 4 is 61.1 Å². The molecule has 4 saturated carbocycles. The summed E-state index contributed by atoms with van der Waals surface area (Å²) in [6.07, 6.45) is 9.56. The topological polar surface area (TPSA) is 170 Å². The van der Waals surface area contributed by atoms with Crippen LogP contribution in [-0.4, -0.2) is 79.6 Å². The number of sulfonamides is 1. The molecule has 4 aromatic carbocycles. The Morgan fingerprint density at radius 3 is 2.45 bits per heavy atom. The number of rotatable bonds is 13. The molecule has 0 radical (unpaired) electrons. The van der Waals surface area contributed by atoms with Gasteiger partial charge in [-0.3, -0.25) is 19.8 Å². The molecule has 1 aromatic heterocycles. The summed E-state index contributed by atoms with van der Waals surface area (Å²) in [5.74, 6) is 0.760. The van der Waals surface area contributed by atoms with Crippen LogP contribution in [-0.2, 0) is 10.0 Å². The fourth-order valence-electron chi connectivity index (χ4n) is 12.0. The molecule has 5 fully saturated rings. The SMILES string of the molecule is CC1(C)CCC(CN2CCN(c3ccc(C(=O)NS(=O)(=O)c4ccc(NCC56CC7CC(C5)C(O)[C@H](C7)C6)c([N+](=O)[O-])c4)c(Oc4ccc5[nH]ccc5c4)c3)CC2)=C(c2ccc(Cl)cc2)C1. The minimum atomic E-state index is -4.57. The van der Waals surface area contributed by atoms with Crippen molar-refractivity contribution in [1.29, 1.82) is 0 Å². The number of amides is 1. The summed E-state index contributed by atoms with van der Waals surface area (Å²) in [5, 5.41) is 28.0. The van der Waals surface area contributed by atoms with E-state index in [4.69, 9.17) is 16.3 Å². The third kappa shape index (κ3) is 9.04. The second-order valence-corrected chi connectivity index (χ2v) is 22.5. The molecule has 1 saturated heterocycles. The van der Waals surface area contributed by atoms with Crippen molar-refractivity contribution < 1.29 is 28.0 Å². The maximum atomic E-state index is 14.1. The summed E-state index contributed by atoms with van der Waals surface area (Å²) in [4.78, 5) is 33.3. The zero-order valence-corrected chi connectivity index (χ0v) is 39.0. The molecule has 5 atom stereocenters. The predicted molar refractivity (Wildman–Crippen MR) is 258 cm³/mol. The minimum absolute atomic E-state index is 0.00880. The van der Waals surface area contributed by atoms with E-state index < -0.39 is 31.4 Å². The number of nitrogens with zero attached hydrogens (tertiary/aromatic N) is 3. The maximum absolute atomic E-state index is 14.1. The first-order valence-electron chi connectivity index (χ1n) is 23.2. The van der Waals surface area contributed by atoms with Crippen molar-refractivity contribution in [3.8, 4) is 11.5 Å². The van der Waals surface area contributed by atoms with E-state index >= 15 is 0 Å². The molecule has 1 aliphatic heterocycles. The fraction of sp³-hybridized carbons (Fsp3) is 0.431. The van der Waals surface area contributed by atoms with E-state index in [1.807, 2.05) is 36.5 Å². The van der Waals surface area contributed by atoms with E-state index in [9.17, 15) is 28.4 Å². The van der Waals surface area contributed by atoms with Crippen molar-refractivity contribution in [2.75, 3.05) is 49.5 Å². The predicted octanol–water partition coefficient (Wildman–Crippen LogP) is 10.0. The second-order valence-electron chi connectivity index (χ2n) is 20.4. The highest BCUT2D eigenvalue weighted by atomic mass is 35.5. The van der Waals surface area contributed by atoms with Crippen LogP contribution in [0.1, 0.15) is 81.1 Å². The number of aromatic nitrogens is 1. The normalized spacial score (nSPS) is 25.0. The van der Waals surface area contributed by atoms with Crippen LogP contribution < -0.4 is 19.7 Å². The summed E-state index contributed by atoms with van der Waals surface area (Å²) in [7, 11) is -4.57. The Labute approximate surface area is 390 Å². The highest BCUT2D eigenvalue weighted by Gasteiger charge is 2.55. The number of piperazine rings is 1. The number of nitro groups is 1. The number of nitrogens with one attached hydrogen (secondary N) is 3. The van der Waals surface area contributed by atoms with E-state index in [2.05, 4.69) is 50.8 Å². The van der Waals surface area contributed by atoms with Crippen LogP contribution in [0, 0.1) is 38.7 Å². The number of ether oxygens (including phenoxy) is 1. The first kappa shape index (κ1) is 44.4. The molecule has 2 heterocycles. The molecule has 5 aromatic rings. The van der Waals surface area contributed by atoms with Gasteiger partial charge in [0, 0.05) is 79.2 Å². The van der Waals surface area contributed by atoms with Crippen molar-refractivity contribution in [2.24, 2.45) is 28.6 Å². The average molecular weight is 934 g/mol. The first-order chi connectivity index (χ1) is 31.6. The summed E-state index contributed by atoms with van der Waals surface area (Å²) in [6, 6.07) is 24.4. The quantitative estimate of drug-likeness (QED) is 0.0658. The van der Waals surface area contributed by atoms with Crippen molar-refractivity contribution in [1.82, 2.24) is 14.6 Å². The zero-order chi connectivity index (χ0) is 46.0. The molecular weight excluding hydrogens is 876 g/mol. The van der Waals surface area contributed by atoms with Crippen LogP contribution in [0.5, 0.6) is 11.5 Å². The molecule has 66 heavy (non-hydrogen) atoms. The molecule has 4 N–H and O–H groups in total. The van der Waals surface area contributed by atoms with Crippen LogP contribution >= 0.6 is 11.6 Å². The lowest BCUT2D eigenvalue weighted by Crippen LogP contribution is -2.55. The van der Waals surface area contributed by atoms with Gasteiger partial charge in [-0.25, -0.2) is 13.1 Å². The molecular formula is C51H57ClN6O7S. The number of aliphatic hydroxyl groups is 1. The number of H-pyrrole nitrogens is 1. The Kier molecular flexibility index (Phi) is 11.7. The summed E-state index contributed by atoms with van der Waals surface area (Å²) in [5.41, 5.74) is 5.83. The monoisotopic (exact) mass is 932 g/mol. The standard InChI is InChI=1S/C51H57ClN6O7S/c1-50(2)15-13-35(43(29-50)33-3-5-38(52)6-4-33)30-56-17-19-57(20-18-56)39-7-10-42(47(24-39)65-40-8-11-44-34(23-40)14-16-53-44)49(60)55-66(63,64)41-9-12-45(46(25-41)58(61)62)54-31-51-26-32-21-36(27-51)48(59)37(22-32)28-51/h3-12,14,16,23-25,32,36-37,48,53-54,59H,13,15,17-22,26-31H2,1-2H3,(H,55,60)/t32?,36-,37?,48?,51?/m1/s1. The van der Waals surface area contributed by atoms with Crippen molar-refractivity contribution in [2.45, 2.75) is 76.2 Å². The molecule has 4 bridgehead atoms. The second kappa shape index (κ2) is 17.3. The van der Waals surface area contributed by atoms with Gasteiger partial charge in [-0.2, -0.15) is 0 Å². The van der Waals surface area contributed by atoms with Gasteiger partial charge < -0.3 is 25.0 Å². The lowest BCUT2D eigenvalue weighted by atomic mass is 9.48. The molecule has 15 heteroatoms. The Balaban J connectivity index is 0.860. The number of fused-ring (bicyclic) bond motifs is 1. The third-order valence-electron chi connectivity index (χ3n) is 15.2. The van der Waals surface area contributed by atoms with Gasteiger partial charge in [0.1, 0.15) is 17.2 Å². The number of carbonyl (C=O) groups excluding carboxylic acids is 1. The number of aliphatic hydroxyl groups excluding tert-OH is 1. The largest absolute Gasteiger partial charge is 0.456 e. The van der Waals surface area contributed by atoms with E-state index in [0.29, 0.717) is 18.2 Å². The molecule has 13 nitrogen and oxygen atoms in total. The molecule has 0 spiro atoms. The van der Waals surface area contributed by atoms with Gasteiger partial charge in [0.2, 0.25) is 0 Å². The smallest absolute Gasteiger partial charge is 0.293 e. The Hall–Kier alpha value is -5.41. The van der Waals surface area contributed by atoms with Crippen LogP contribution in [0.2, 0.25) is 5.02 Å². The van der Waals surface area contributed by atoms with Gasteiger partial charge in [0.05, 0.1) is 21.5 Å². The number of anilines is 2. The van der Waals surface area contributed by atoms with Gasteiger partial charge in [-0.05, 0) is 152 Å². The van der Waals surface area contributed by atoms with E-state index in [0.717, 1.165) is 112 Å². The molecule has 4 unspecified atom stereocenters. The van der Waals surface area contributed by atoms with E-state index in [-0.39, 0.29) is 45.8 Å². The summed E-state index contributed by atoms with van der Waals surface area (Å²) >= 11 is 6.26. The maximum Gasteiger partial charge on any atom is 0.293 e. The lowest BCUT2D eigenvalue weighted by molar-refractivity contribution is -0.384. The van der Waals surface area contributed by atoms with Gasteiger partial charge in [0.25, 0.3) is 21.6 Å².